The highest BCUT2D eigenvalue weighted by molar-refractivity contribution is 7.90. The SMILES string of the molecule is O=C(NS(=O)(=O)c1ccc(F)cc1)C1(c2cccc(F)c2)CCCC1. The first-order valence-electron chi connectivity index (χ1n) is 7.92. The van der Waals surface area contributed by atoms with Crippen molar-refractivity contribution >= 4 is 15.9 Å². The van der Waals surface area contributed by atoms with Crippen molar-refractivity contribution in [1.29, 1.82) is 0 Å². The first-order chi connectivity index (χ1) is 11.8. The van der Waals surface area contributed by atoms with Crippen molar-refractivity contribution in [3.63, 3.8) is 0 Å². The van der Waals surface area contributed by atoms with Crippen LogP contribution in [0.4, 0.5) is 8.78 Å². The summed E-state index contributed by atoms with van der Waals surface area (Å²) in [6, 6.07) is 9.90. The van der Waals surface area contributed by atoms with Crippen LogP contribution in [0.15, 0.2) is 53.4 Å². The molecule has 2 aromatic carbocycles. The molecule has 1 saturated carbocycles. The number of nitrogens with one attached hydrogen (secondary N) is 1. The van der Waals surface area contributed by atoms with Gasteiger partial charge in [-0.25, -0.2) is 21.9 Å². The fourth-order valence-corrected chi connectivity index (χ4v) is 4.36. The van der Waals surface area contributed by atoms with Crippen molar-refractivity contribution < 1.29 is 22.0 Å². The summed E-state index contributed by atoms with van der Waals surface area (Å²) in [5.74, 6) is -1.73. The van der Waals surface area contributed by atoms with Gasteiger partial charge in [0.15, 0.2) is 0 Å². The Kier molecular flexibility index (Phi) is 4.60. The second-order valence-corrected chi connectivity index (χ2v) is 7.87. The van der Waals surface area contributed by atoms with Gasteiger partial charge in [0.2, 0.25) is 5.91 Å². The van der Waals surface area contributed by atoms with Gasteiger partial charge in [0.25, 0.3) is 10.0 Å². The highest BCUT2D eigenvalue weighted by Crippen LogP contribution is 2.41. The van der Waals surface area contributed by atoms with Crippen molar-refractivity contribution in [3.8, 4) is 0 Å². The van der Waals surface area contributed by atoms with E-state index in [-0.39, 0.29) is 4.90 Å². The van der Waals surface area contributed by atoms with Crippen LogP contribution in [0.25, 0.3) is 0 Å². The molecule has 3 rings (SSSR count). The highest BCUT2D eigenvalue weighted by atomic mass is 32.2. The van der Waals surface area contributed by atoms with Crippen molar-refractivity contribution in [3.05, 3.63) is 65.7 Å². The Morgan fingerprint density at radius 3 is 2.20 bits per heavy atom. The Morgan fingerprint density at radius 1 is 0.960 bits per heavy atom. The summed E-state index contributed by atoms with van der Waals surface area (Å²) in [7, 11) is -4.13. The normalized spacial score (nSPS) is 16.6. The summed E-state index contributed by atoms with van der Waals surface area (Å²) >= 11 is 0. The maximum atomic E-state index is 13.6. The molecule has 1 N–H and O–H groups in total. The Balaban J connectivity index is 1.93. The number of carbonyl (C=O) groups excluding carboxylic acids is 1. The number of benzene rings is 2. The molecule has 0 atom stereocenters. The van der Waals surface area contributed by atoms with Crippen LogP contribution >= 0.6 is 0 Å². The predicted molar refractivity (Wildman–Crippen MR) is 88.3 cm³/mol. The Bertz CT molecular complexity index is 889. The third kappa shape index (κ3) is 3.42. The molecule has 1 aliphatic carbocycles. The van der Waals surface area contributed by atoms with Gasteiger partial charge >= 0.3 is 0 Å². The minimum absolute atomic E-state index is 0.199. The fraction of sp³-hybridized carbons (Fsp3) is 0.278. The molecule has 2 aromatic rings. The quantitative estimate of drug-likeness (QED) is 0.904. The lowest BCUT2D eigenvalue weighted by molar-refractivity contribution is -0.124. The molecule has 7 heteroatoms. The molecule has 0 saturated heterocycles. The molecule has 0 heterocycles. The summed E-state index contributed by atoms with van der Waals surface area (Å²) in [5, 5.41) is 0. The van der Waals surface area contributed by atoms with E-state index in [2.05, 4.69) is 4.72 Å². The van der Waals surface area contributed by atoms with Crippen molar-refractivity contribution in [2.75, 3.05) is 0 Å². The predicted octanol–water partition coefficient (Wildman–Crippen LogP) is 3.28. The van der Waals surface area contributed by atoms with Crippen LogP contribution in [-0.4, -0.2) is 14.3 Å². The van der Waals surface area contributed by atoms with Gasteiger partial charge in [-0.15, -0.1) is 0 Å². The summed E-state index contributed by atoms with van der Waals surface area (Å²) in [4.78, 5) is 12.6. The van der Waals surface area contributed by atoms with E-state index in [1.165, 1.54) is 18.2 Å². The smallest absolute Gasteiger partial charge is 0.264 e. The van der Waals surface area contributed by atoms with Crippen LogP contribution in [0.5, 0.6) is 0 Å². The third-order valence-corrected chi connectivity index (χ3v) is 5.97. The molecule has 0 spiro atoms. The van der Waals surface area contributed by atoms with E-state index in [0.29, 0.717) is 18.4 Å². The van der Waals surface area contributed by atoms with Crippen LogP contribution in [0.1, 0.15) is 31.2 Å². The zero-order valence-electron chi connectivity index (χ0n) is 13.3. The van der Waals surface area contributed by atoms with Crippen LogP contribution in [0.2, 0.25) is 0 Å². The minimum atomic E-state index is -4.13. The lowest BCUT2D eigenvalue weighted by atomic mass is 9.78. The van der Waals surface area contributed by atoms with Gasteiger partial charge in [-0.3, -0.25) is 4.79 Å². The molecule has 0 bridgehead atoms. The molecule has 0 unspecified atom stereocenters. The van der Waals surface area contributed by atoms with E-state index in [1.807, 2.05) is 0 Å². The maximum absolute atomic E-state index is 13.6. The van der Waals surface area contributed by atoms with E-state index in [4.69, 9.17) is 0 Å². The zero-order valence-corrected chi connectivity index (χ0v) is 14.2. The molecule has 0 aliphatic heterocycles. The topological polar surface area (TPSA) is 63.2 Å². The summed E-state index contributed by atoms with van der Waals surface area (Å²) < 4.78 is 53.5. The first kappa shape index (κ1) is 17.5. The molecule has 4 nitrogen and oxygen atoms in total. The molecule has 1 fully saturated rings. The lowest BCUT2D eigenvalue weighted by Gasteiger charge is -2.28. The second kappa shape index (κ2) is 6.55. The van der Waals surface area contributed by atoms with E-state index in [9.17, 15) is 22.0 Å². The Morgan fingerprint density at radius 2 is 1.60 bits per heavy atom. The fourth-order valence-electron chi connectivity index (χ4n) is 3.30. The number of amides is 1. The van der Waals surface area contributed by atoms with Gasteiger partial charge in [-0.2, -0.15) is 0 Å². The number of halogens is 2. The number of sulfonamides is 1. The van der Waals surface area contributed by atoms with Crippen LogP contribution in [0, 0.1) is 11.6 Å². The van der Waals surface area contributed by atoms with Crippen LogP contribution in [-0.2, 0) is 20.2 Å². The van der Waals surface area contributed by atoms with E-state index >= 15 is 0 Å². The number of hydrogen-bond acceptors (Lipinski definition) is 3. The molecule has 1 amide bonds. The zero-order chi connectivity index (χ0) is 18.1. The monoisotopic (exact) mass is 365 g/mol. The largest absolute Gasteiger partial charge is 0.273 e. The summed E-state index contributed by atoms with van der Waals surface area (Å²) in [5.41, 5.74) is -0.605. The van der Waals surface area contributed by atoms with Crippen LogP contribution in [0.3, 0.4) is 0 Å². The van der Waals surface area contributed by atoms with Gasteiger partial charge in [0.05, 0.1) is 10.3 Å². The number of rotatable bonds is 4. The molecular formula is C18H17F2NO3S. The van der Waals surface area contributed by atoms with Gasteiger partial charge in [0, 0.05) is 0 Å². The van der Waals surface area contributed by atoms with Gasteiger partial charge < -0.3 is 0 Å². The Labute approximate surface area is 144 Å². The average Bonchev–Trinajstić information content (AvgIpc) is 3.06. The second-order valence-electron chi connectivity index (χ2n) is 6.19. The Hall–Kier alpha value is -2.28. The molecule has 0 radical (unpaired) electrons. The van der Waals surface area contributed by atoms with Crippen molar-refractivity contribution in [2.45, 2.75) is 36.0 Å². The van der Waals surface area contributed by atoms with E-state index in [0.717, 1.165) is 37.1 Å². The average molecular weight is 365 g/mol. The first-order valence-corrected chi connectivity index (χ1v) is 9.41. The maximum Gasteiger partial charge on any atom is 0.264 e. The minimum Gasteiger partial charge on any atom is -0.273 e. The third-order valence-electron chi connectivity index (χ3n) is 4.62. The molecule has 25 heavy (non-hydrogen) atoms. The standard InChI is InChI=1S/C18H17F2NO3S/c19-14-6-8-16(9-7-14)25(23,24)21-17(22)18(10-1-2-11-18)13-4-3-5-15(20)12-13/h3-9,12H,1-2,10-11H2,(H,21,22). The van der Waals surface area contributed by atoms with Crippen LogP contribution < -0.4 is 4.72 Å². The van der Waals surface area contributed by atoms with Gasteiger partial charge in [-0.1, -0.05) is 25.0 Å². The molecule has 132 valence electrons. The molecule has 1 aliphatic rings. The van der Waals surface area contributed by atoms with Gasteiger partial charge in [0.1, 0.15) is 11.6 Å². The lowest BCUT2D eigenvalue weighted by Crippen LogP contribution is -2.45. The van der Waals surface area contributed by atoms with E-state index < -0.39 is 33.0 Å². The van der Waals surface area contributed by atoms with E-state index in [1.54, 1.807) is 6.07 Å². The van der Waals surface area contributed by atoms with Gasteiger partial charge in [-0.05, 0) is 54.8 Å². The molecular weight excluding hydrogens is 348 g/mol. The van der Waals surface area contributed by atoms with Crippen molar-refractivity contribution in [1.82, 2.24) is 4.72 Å². The number of hydrogen-bond donors (Lipinski definition) is 1. The number of carbonyl (C=O) groups is 1. The summed E-state index contributed by atoms with van der Waals surface area (Å²) in [6.45, 7) is 0. The van der Waals surface area contributed by atoms with Crippen molar-refractivity contribution in [2.24, 2.45) is 0 Å². The highest BCUT2D eigenvalue weighted by Gasteiger charge is 2.44. The molecule has 0 aromatic heterocycles. The summed E-state index contributed by atoms with van der Waals surface area (Å²) in [6.07, 6.45) is 2.39.